The van der Waals surface area contributed by atoms with E-state index < -0.39 is 17.4 Å². The number of carboxylic acids is 1. The van der Waals surface area contributed by atoms with Gasteiger partial charge in [-0.25, -0.2) is 4.68 Å². The van der Waals surface area contributed by atoms with E-state index in [1.807, 2.05) is 45.0 Å². The number of benzene rings is 1. The SMILES string of the molecule is Cc1cccc(-n2ncc(C(=O)NC3(C)CCCCC3C(=O)O)c2C)c1. The fraction of sp³-hybridized carbons (Fsp3) is 0.450. The lowest BCUT2D eigenvalue weighted by atomic mass is 9.73. The van der Waals surface area contributed by atoms with Gasteiger partial charge in [0, 0.05) is 0 Å². The summed E-state index contributed by atoms with van der Waals surface area (Å²) in [5, 5.41) is 16.9. The summed E-state index contributed by atoms with van der Waals surface area (Å²) >= 11 is 0. The molecule has 0 spiro atoms. The number of amides is 1. The number of carboxylic acid groups (broad SMARTS) is 1. The van der Waals surface area contributed by atoms with Gasteiger partial charge in [-0.3, -0.25) is 9.59 Å². The number of rotatable bonds is 4. The van der Waals surface area contributed by atoms with Gasteiger partial charge in [-0.05, 0) is 51.3 Å². The van der Waals surface area contributed by atoms with Crippen molar-refractivity contribution in [2.45, 2.75) is 52.0 Å². The molecule has 6 heteroatoms. The minimum absolute atomic E-state index is 0.267. The van der Waals surface area contributed by atoms with Crippen molar-refractivity contribution >= 4 is 11.9 Å². The van der Waals surface area contributed by atoms with Crippen LogP contribution in [0.2, 0.25) is 0 Å². The third-order valence-corrected chi connectivity index (χ3v) is 5.41. The van der Waals surface area contributed by atoms with Crippen LogP contribution in [0, 0.1) is 19.8 Å². The van der Waals surface area contributed by atoms with Crippen molar-refractivity contribution < 1.29 is 14.7 Å². The lowest BCUT2D eigenvalue weighted by Crippen LogP contribution is -2.55. The lowest BCUT2D eigenvalue weighted by molar-refractivity contribution is -0.145. The normalized spacial score (nSPS) is 22.8. The third kappa shape index (κ3) is 3.36. The summed E-state index contributed by atoms with van der Waals surface area (Å²) in [4.78, 5) is 24.5. The largest absolute Gasteiger partial charge is 0.481 e. The molecule has 138 valence electrons. The Kier molecular flexibility index (Phi) is 4.85. The first-order valence-corrected chi connectivity index (χ1v) is 8.99. The molecule has 1 aromatic carbocycles. The number of carbonyl (C=O) groups excluding carboxylic acids is 1. The zero-order valence-corrected chi connectivity index (χ0v) is 15.5. The molecule has 1 heterocycles. The molecular formula is C20H25N3O3. The van der Waals surface area contributed by atoms with Crippen LogP contribution in [-0.4, -0.2) is 32.3 Å². The lowest BCUT2D eigenvalue weighted by Gasteiger charge is -2.39. The molecule has 1 aliphatic carbocycles. The van der Waals surface area contributed by atoms with Crippen LogP contribution in [0.15, 0.2) is 30.5 Å². The second-order valence-electron chi connectivity index (χ2n) is 7.40. The van der Waals surface area contributed by atoms with E-state index in [2.05, 4.69) is 10.4 Å². The van der Waals surface area contributed by atoms with Gasteiger partial charge < -0.3 is 10.4 Å². The molecule has 2 atom stereocenters. The van der Waals surface area contributed by atoms with Crippen molar-refractivity contribution in [1.82, 2.24) is 15.1 Å². The van der Waals surface area contributed by atoms with Crippen LogP contribution >= 0.6 is 0 Å². The van der Waals surface area contributed by atoms with E-state index in [-0.39, 0.29) is 5.91 Å². The van der Waals surface area contributed by atoms with Crippen molar-refractivity contribution in [3.63, 3.8) is 0 Å². The van der Waals surface area contributed by atoms with Crippen LogP contribution in [0.3, 0.4) is 0 Å². The van der Waals surface area contributed by atoms with E-state index in [9.17, 15) is 14.7 Å². The molecule has 26 heavy (non-hydrogen) atoms. The highest BCUT2D eigenvalue weighted by Gasteiger charge is 2.42. The summed E-state index contributed by atoms with van der Waals surface area (Å²) in [6, 6.07) is 7.90. The highest BCUT2D eigenvalue weighted by Crippen LogP contribution is 2.34. The van der Waals surface area contributed by atoms with Crippen LogP contribution in [-0.2, 0) is 4.79 Å². The molecule has 1 aromatic heterocycles. The monoisotopic (exact) mass is 355 g/mol. The topological polar surface area (TPSA) is 84.2 Å². The molecule has 0 bridgehead atoms. The predicted molar refractivity (Wildman–Crippen MR) is 98.5 cm³/mol. The molecule has 6 nitrogen and oxygen atoms in total. The van der Waals surface area contributed by atoms with E-state index in [0.717, 1.165) is 29.8 Å². The van der Waals surface area contributed by atoms with Gasteiger partial charge in [0.15, 0.2) is 0 Å². The van der Waals surface area contributed by atoms with Crippen LogP contribution in [0.25, 0.3) is 5.69 Å². The van der Waals surface area contributed by atoms with E-state index in [1.54, 1.807) is 10.9 Å². The van der Waals surface area contributed by atoms with Crippen LogP contribution in [0.1, 0.15) is 54.2 Å². The summed E-state index contributed by atoms with van der Waals surface area (Å²) < 4.78 is 1.74. The van der Waals surface area contributed by atoms with Crippen molar-refractivity contribution in [2.75, 3.05) is 0 Å². The van der Waals surface area contributed by atoms with Crippen LogP contribution in [0.5, 0.6) is 0 Å². The molecule has 3 rings (SSSR count). The van der Waals surface area contributed by atoms with Crippen LogP contribution < -0.4 is 5.32 Å². The molecule has 1 aliphatic rings. The van der Waals surface area contributed by atoms with Gasteiger partial charge >= 0.3 is 5.97 Å². The standard InChI is InChI=1S/C20H25N3O3/c1-13-7-6-8-15(11-13)23-14(2)16(12-21-23)18(24)22-20(3)10-5-4-9-17(20)19(25)26/h6-8,11-12,17H,4-5,9-10H2,1-3H3,(H,22,24)(H,25,26). The van der Waals surface area contributed by atoms with Gasteiger partial charge in [0.05, 0.1) is 34.6 Å². The Bertz CT molecular complexity index is 843. The highest BCUT2D eigenvalue weighted by molar-refractivity contribution is 5.96. The number of hydrogen-bond acceptors (Lipinski definition) is 3. The Balaban J connectivity index is 1.86. The van der Waals surface area contributed by atoms with Gasteiger partial charge in [-0.2, -0.15) is 5.10 Å². The quantitative estimate of drug-likeness (QED) is 0.882. The van der Waals surface area contributed by atoms with Gasteiger partial charge in [0.25, 0.3) is 5.91 Å². The minimum Gasteiger partial charge on any atom is -0.481 e. The average Bonchev–Trinajstić information content (AvgIpc) is 2.96. The van der Waals surface area contributed by atoms with E-state index >= 15 is 0 Å². The maximum absolute atomic E-state index is 12.9. The summed E-state index contributed by atoms with van der Waals surface area (Å²) in [5.74, 6) is -1.68. The van der Waals surface area contributed by atoms with E-state index in [4.69, 9.17) is 0 Å². The van der Waals surface area contributed by atoms with Gasteiger partial charge in [0.2, 0.25) is 0 Å². The molecule has 2 aromatic rings. The number of aliphatic carboxylic acids is 1. The minimum atomic E-state index is -0.848. The maximum atomic E-state index is 12.9. The number of nitrogens with zero attached hydrogens (tertiary/aromatic N) is 2. The van der Waals surface area contributed by atoms with Gasteiger partial charge in [-0.1, -0.05) is 25.0 Å². The molecular weight excluding hydrogens is 330 g/mol. The van der Waals surface area contributed by atoms with Crippen molar-refractivity contribution in [3.05, 3.63) is 47.3 Å². The van der Waals surface area contributed by atoms with Crippen LogP contribution in [0.4, 0.5) is 0 Å². The number of carbonyl (C=O) groups is 2. The summed E-state index contributed by atoms with van der Waals surface area (Å²) in [7, 11) is 0. The third-order valence-electron chi connectivity index (χ3n) is 5.41. The predicted octanol–water partition coefficient (Wildman–Crippen LogP) is 3.25. The second-order valence-corrected chi connectivity index (χ2v) is 7.40. The molecule has 1 saturated carbocycles. The van der Waals surface area contributed by atoms with Gasteiger partial charge in [-0.15, -0.1) is 0 Å². The Morgan fingerprint density at radius 1 is 1.31 bits per heavy atom. The Morgan fingerprint density at radius 3 is 2.77 bits per heavy atom. The highest BCUT2D eigenvalue weighted by atomic mass is 16.4. The van der Waals surface area contributed by atoms with Crippen molar-refractivity contribution in [3.8, 4) is 5.69 Å². The fourth-order valence-electron chi connectivity index (χ4n) is 3.86. The molecule has 0 saturated heterocycles. The molecule has 0 radical (unpaired) electrons. The smallest absolute Gasteiger partial charge is 0.308 e. The summed E-state index contributed by atoms with van der Waals surface area (Å²) in [5.41, 5.74) is 2.48. The second kappa shape index (κ2) is 6.94. The first kappa shape index (κ1) is 18.2. The first-order valence-electron chi connectivity index (χ1n) is 8.99. The van der Waals surface area contributed by atoms with Gasteiger partial charge in [0.1, 0.15) is 0 Å². The van der Waals surface area contributed by atoms with Crippen molar-refractivity contribution in [1.29, 1.82) is 0 Å². The molecule has 2 N–H and O–H groups in total. The number of hydrogen-bond donors (Lipinski definition) is 2. The average molecular weight is 355 g/mol. The fourth-order valence-corrected chi connectivity index (χ4v) is 3.86. The van der Waals surface area contributed by atoms with E-state index in [0.29, 0.717) is 18.4 Å². The first-order chi connectivity index (χ1) is 12.3. The molecule has 2 unspecified atom stereocenters. The number of aryl methyl sites for hydroxylation is 1. The van der Waals surface area contributed by atoms with Crippen molar-refractivity contribution in [2.24, 2.45) is 5.92 Å². The molecule has 1 amide bonds. The van der Waals surface area contributed by atoms with E-state index in [1.165, 1.54) is 0 Å². The summed E-state index contributed by atoms with van der Waals surface area (Å²) in [6.45, 7) is 5.69. The number of aromatic nitrogens is 2. The maximum Gasteiger partial charge on any atom is 0.308 e. The molecule has 1 fully saturated rings. The Labute approximate surface area is 153 Å². The zero-order chi connectivity index (χ0) is 18.9. The summed E-state index contributed by atoms with van der Waals surface area (Å²) in [6.07, 6.45) is 4.61. The molecule has 0 aliphatic heterocycles. The number of nitrogens with one attached hydrogen (secondary N) is 1. The Morgan fingerprint density at radius 2 is 2.08 bits per heavy atom. The zero-order valence-electron chi connectivity index (χ0n) is 15.5. The Hall–Kier alpha value is -2.63.